The number of nitrogens with one attached hydrogen (secondary N) is 2. The number of aryl methyl sites for hydroxylation is 1. The Bertz CT molecular complexity index is 1540. The van der Waals surface area contributed by atoms with Crippen molar-refractivity contribution >= 4 is 33.0 Å². The van der Waals surface area contributed by atoms with Crippen LogP contribution in [0.1, 0.15) is 34.8 Å². The van der Waals surface area contributed by atoms with Gasteiger partial charge in [0.1, 0.15) is 0 Å². The Kier molecular flexibility index (Phi) is 8.01. The molecule has 190 valence electrons. The summed E-state index contributed by atoms with van der Waals surface area (Å²) in [5.41, 5.74) is 7.17. The van der Waals surface area contributed by atoms with E-state index in [-0.39, 0.29) is 11.3 Å². The Morgan fingerprint density at radius 1 is 1.00 bits per heavy atom. The minimum absolute atomic E-state index is 0.121. The van der Waals surface area contributed by atoms with E-state index in [2.05, 4.69) is 26.4 Å². The molecule has 1 aromatic heterocycles. The maximum Gasteiger partial charge on any atom is 0.242 e. The van der Waals surface area contributed by atoms with Crippen molar-refractivity contribution in [2.75, 3.05) is 0 Å². The number of benzene rings is 3. The second-order valence-corrected chi connectivity index (χ2v) is 10.5. The number of para-hydroxylation sites is 1. The number of sulfonamides is 1. The minimum Gasteiger partial charge on any atom is -0.340 e. The molecule has 0 saturated carbocycles. The van der Waals surface area contributed by atoms with Crippen LogP contribution in [0.2, 0.25) is 0 Å². The van der Waals surface area contributed by atoms with Crippen molar-refractivity contribution < 1.29 is 13.2 Å². The third-order valence-corrected chi connectivity index (χ3v) is 7.68. The lowest BCUT2D eigenvalue weighted by Crippen LogP contribution is -2.32. The summed E-state index contributed by atoms with van der Waals surface area (Å²) in [5.74, 6) is -0.413. The summed E-state index contributed by atoms with van der Waals surface area (Å²) in [7, 11) is -3.85. The molecule has 0 unspecified atom stereocenters. The quantitative estimate of drug-likeness (QED) is 0.177. The summed E-state index contributed by atoms with van der Waals surface area (Å²) in [4.78, 5) is 13.0. The number of nitrogens with zero attached hydrogens (tertiary/aromatic N) is 2. The van der Waals surface area contributed by atoms with Crippen LogP contribution in [0.5, 0.6) is 0 Å². The molecule has 0 saturated heterocycles. The van der Waals surface area contributed by atoms with E-state index in [1.165, 1.54) is 0 Å². The second-order valence-electron chi connectivity index (χ2n) is 8.81. The number of carbonyl (C=O) groups is 1. The molecule has 2 N–H and O–H groups in total. The lowest BCUT2D eigenvalue weighted by atomic mass is 10.0. The highest BCUT2D eigenvalue weighted by Crippen LogP contribution is 2.25. The number of hydrazone groups is 1. The van der Waals surface area contributed by atoms with Crippen molar-refractivity contribution in [2.45, 2.75) is 37.8 Å². The molecule has 37 heavy (non-hydrogen) atoms. The van der Waals surface area contributed by atoms with E-state index in [1.807, 2.05) is 50.3 Å². The van der Waals surface area contributed by atoms with E-state index in [0.29, 0.717) is 12.1 Å². The third kappa shape index (κ3) is 6.04. The van der Waals surface area contributed by atoms with Gasteiger partial charge >= 0.3 is 0 Å². The Morgan fingerprint density at radius 2 is 1.68 bits per heavy atom. The van der Waals surface area contributed by atoms with Gasteiger partial charge in [0.2, 0.25) is 15.9 Å². The molecular weight excluding hydrogens is 484 g/mol. The number of amides is 1. The molecule has 1 heterocycles. The van der Waals surface area contributed by atoms with Gasteiger partial charge in [0.25, 0.3) is 0 Å². The van der Waals surface area contributed by atoms with E-state index in [4.69, 9.17) is 0 Å². The van der Waals surface area contributed by atoms with Crippen molar-refractivity contribution in [2.24, 2.45) is 5.10 Å². The molecule has 7 nitrogen and oxygen atoms in total. The average Bonchev–Trinajstić information content (AvgIpc) is 3.15. The van der Waals surface area contributed by atoms with Gasteiger partial charge in [0, 0.05) is 35.1 Å². The van der Waals surface area contributed by atoms with E-state index >= 15 is 0 Å². The molecule has 3 aromatic carbocycles. The van der Waals surface area contributed by atoms with Gasteiger partial charge < -0.3 is 4.57 Å². The maximum atomic E-state index is 13.0. The first kappa shape index (κ1) is 26.1. The van der Waals surface area contributed by atoms with E-state index < -0.39 is 22.0 Å². The molecule has 4 aromatic rings. The van der Waals surface area contributed by atoms with Crippen LogP contribution < -0.4 is 10.1 Å². The van der Waals surface area contributed by atoms with Crippen molar-refractivity contribution in [3.63, 3.8) is 0 Å². The largest absolute Gasteiger partial charge is 0.340 e. The summed E-state index contributed by atoms with van der Waals surface area (Å²) >= 11 is 0. The lowest BCUT2D eigenvalue weighted by Gasteiger charge is -2.18. The number of hydrogen-bond donors (Lipinski definition) is 2. The highest BCUT2D eigenvalue weighted by Gasteiger charge is 2.23. The van der Waals surface area contributed by atoms with Crippen molar-refractivity contribution in [1.29, 1.82) is 0 Å². The number of rotatable bonds is 10. The standard InChI is InChI=1S/C29H30N4O3S/c1-4-18-33-22(3)26(25-12-8-9-13-28(25)33)20-30-31-29(34)19-27(23-10-6-5-7-11-23)32-37(35,36)24-16-14-21(2)15-17-24/h4-17,20,27,32H,1,18-19H2,2-3H3,(H,31,34)/b30-20-/t27-/m0/s1. The highest BCUT2D eigenvalue weighted by atomic mass is 32.2. The van der Waals surface area contributed by atoms with Gasteiger partial charge in [-0.15, -0.1) is 6.58 Å². The zero-order valence-electron chi connectivity index (χ0n) is 20.9. The zero-order valence-corrected chi connectivity index (χ0v) is 21.7. The minimum atomic E-state index is -3.85. The normalized spacial score (nSPS) is 12.6. The third-order valence-electron chi connectivity index (χ3n) is 6.19. The van der Waals surface area contributed by atoms with Crippen LogP contribution in [0.4, 0.5) is 0 Å². The van der Waals surface area contributed by atoms with Crippen molar-refractivity contribution in [1.82, 2.24) is 14.7 Å². The van der Waals surface area contributed by atoms with Crippen LogP contribution in [0, 0.1) is 13.8 Å². The van der Waals surface area contributed by atoms with Gasteiger partial charge in [-0.05, 0) is 37.6 Å². The van der Waals surface area contributed by atoms with Gasteiger partial charge in [-0.25, -0.2) is 18.6 Å². The number of hydrogen-bond acceptors (Lipinski definition) is 4. The maximum absolute atomic E-state index is 13.0. The Balaban J connectivity index is 1.53. The molecule has 0 radical (unpaired) electrons. The molecule has 0 bridgehead atoms. The number of fused-ring (bicyclic) bond motifs is 1. The van der Waals surface area contributed by atoms with E-state index in [9.17, 15) is 13.2 Å². The molecule has 0 aliphatic rings. The van der Waals surface area contributed by atoms with Gasteiger partial charge in [-0.2, -0.15) is 5.10 Å². The number of aromatic nitrogens is 1. The van der Waals surface area contributed by atoms with Crippen molar-refractivity contribution in [3.05, 3.63) is 114 Å². The van der Waals surface area contributed by atoms with Crippen LogP contribution in [-0.4, -0.2) is 25.1 Å². The summed E-state index contributed by atoms with van der Waals surface area (Å²) in [6.07, 6.45) is 3.34. The summed E-state index contributed by atoms with van der Waals surface area (Å²) < 4.78 is 30.9. The molecule has 0 aliphatic heterocycles. The Labute approximate surface area is 217 Å². The molecule has 1 atom stereocenters. The fourth-order valence-electron chi connectivity index (χ4n) is 4.27. The molecule has 8 heteroatoms. The predicted molar refractivity (Wildman–Crippen MR) is 148 cm³/mol. The molecule has 4 rings (SSSR count). The second kappa shape index (κ2) is 11.4. The zero-order chi connectivity index (χ0) is 26.4. The van der Waals surface area contributed by atoms with Crippen LogP contribution in [0.25, 0.3) is 10.9 Å². The molecule has 0 aliphatic carbocycles. The first-order valence-corrected chi connectivity index (χ1v) is 13.4. The smallest absolute Gasteiger partial charge is 0.242 e. The molecule has 0 spiro atoms. The van der Waals surface area contributed by atoms with E-state index in [0.717, 1.165) is 27.7 Å². The van der Waals surface area contributed by atoms with Gasteiger partial charge in [0.05, 0.1) is 17.2 Å². The first-order valence-electron chi connectivity index (χ1n) is 11.9. The lowest BCUT2D eigenvalue weighted by molar-refractivity contribution is -0.121. The first-order chi connectivity index (χ1) is 17.8. The number of carbonyl (C=O) groups excluding carboxylic acids is 1. The fraction of sp³-hybridized carbons (Fsp3) is 0.172. The molecule has 0 fully saturated rings. The average molecular weight is 515 g/mol. The molecule has 1 amide bonds. The van der Waals surface area contributed by atoms with Crippen LogP contribution in [0.15, 0.2) is 102 Å². The van der Waals surface area contributed by atoms with E-state index in [1.54, 1.807) is 54.7 Å². The number of allylic oxidation sites excluding steroid dienone is 1. The predicted octanol–water partition coefficient (Wildman–Crippen LogP) is 5.00. The van der Waals surface area contributed by atoms with Crippen LogP contribution >= 0.6 is 0 Å². The highest BCUT2D eigenvalue weighted by molar-refractivity contribution is 7.89. The topological polar surface area (TPSA) is 92.6 Å². The monoisotopic (exact) mass is 514 g/mol. The van der Waals surface area contributed by atoms with Crippen LogP contribution in [0.3, 0.4) is 0 Å². The van der Waals surface area contributed by atoms with Gasteiger partial charge in [0.15, 0.2) is 0 Å². The summed E-state index contributed by atoms with van der Waals surface area (Å²) in [6.45, 7) is 8.39. The van der Waals surface area contributed by atoms with Crippen LogP contribution in [-0.2, 0) is 21.4 Å². The van der Waals surface area contributed by atoms with Gasteiger partial charge in [-0.3, -0.25) is 4.79 Å². The molecular formula is C29H30N4O3S. The summed E-state index contributed by atoms with van der Waals surface area (Å²) in [6, 6.07) is 22.8. The summed E-state index contributed by atoms with van der Waals surface area (Å²) in [5, 5.41) is 5.22. The Morgan fingerprint density at radius 3 is 2.38 bits per heavy atom. The van der Waals surface area contributed by atoms with Crippen molar-refractivity contribution in [3.8, 4) is 0 Å². The Hall–Kier alpha value is -4.01. The SMILES string of the molecule is C=CCn1c(C)c(/C=N\NC(=O)C[C@H](NS(=O)(=O)c2ccc(C)cc2)c2ccccc2)c2ccccc21. The fourth-order valence-corrected chi connectivity index (χ4v) is 5.50. The van der Waals surface area contributed by atoms with Gasteiger partial charge in [-0.1, -0.05) is 72.3 Å².